The minimum Gasteiger partial charge on any atom is -0.337 e. The van der Waals surface area contributed by atoms with Crippen LogP contribution in [0.15, 0.2) is 36.5 Å². The molecule has 1 heterocycles. The molecule has 0 saturated carbocycles. The van der Waals surface area contributed by atoms with Crippen LogP contribution in [0.3, 0.4) is 0 Å². The number of aromatic nitrogens is 2. The molecule has 2 rings (SSSR count). The molecule has 1 aromatic heterocycles. The lowest BCUT2D eigenvalue weighted by Crippen LogP contribution is -2.21. The number of nitrogens with one attached hydrogen (secondary N) is 1. The van der Waals surface area contributed by atoms with Crippen LogP contribution in [-0.2, 0) is 5.41 Å². The van der Waals surface area contributed by atoms with Crippen molar-refractivity contribution in [2.24, 2.45) is 0 Å². The van der Waals surface area contributed by atoms with Crippen LogP contribution < -0.4 is 0 Å². The van der Waals surface area contributed by atoms with Gasteiger partial charge in [0.25, 0.3) is 0 Å². The predicted molar refractivity (Wildman–Crippen MR) is 83.2 cm³/mol. The summed E-state index contributed by atoms with van der Waals surface area (Å²) in [6.07, 6.45) is 3.08. The molecule has 0 amide bonds. The van der Waals surface area contributed by atoms with Crippen molar-refractivity contribution in [2.45, 2.75) is 45.6 Å². The maximum Gasteiger partial charge on any atom is 0.177 e. The van der Waals surface area contributed by atoms with Crippen molar-refractivity contribution in [1.29, 1.82) is 0 Å². The van der Waals surface area contributed by atoms with E-state index in [1.165, 1.54) is 11.3 Å². The van der Waals surface area contributed by atoms with Gasteiger partial charge in [0, 0.05) is 17.3 Å². The Kier molecular flexibility index (Phi) is 3.95. The monoisotopic (exact) mass is 274 g/mol. The zero-order chi connectivity index (χ0) is 14.0. The van der Waals surface area contributed by atoms with Crippen LogP contribution in [0.5, 0.6) is 0 Å². The van der Waals surface area contributed by atoms with Crippen LogP contribution in [-0.4, -0.2) is 9.55 Å². The largest absolute Gasteiger partial charge is 0.337 e. The van der Waals surface area contributed by atoms with Crippen LogP contribution in [0.25, 0.3) is 0 Å². The fourth-order valence-corrected chi connectivity index (χ4v) is 2.79. The highest BCUT2D eigenvalue weighted by atomic mass is 32.1. The first-order valence-corrected chi connectivity index (χ1v) is 7.21. The molecule has 19 heavy (non-hydrogen) atoms. The average Bonchev–Trinajstić information content (AvgIpc) is 2.74. The molecule has 102 valence electrons. The van der Waals surface area contributed by atoms with E-state index in [-0.39, 0.29) is 5.41 Å². The SMILES string of the molecule is CCC(c1ccccc1)n1c(C(C)(C)C)c[nH]c1=S. The van der Waals surface area contributed by atoms with Gasteiger partial charge < -0.3 is 9.55 Å². The van der Waals surface area contributed by atoms with Crippen LogP contribution >= 0.6 is 12.2 Å². The van der Waals surface area contributed by atoms with E-state index in [2.05, 4.69) is 67.6 Å². The molecular weight excluding hydrogens is 252 g/mol. The zero-order valence-electron chi connectivity index (χ0n) is 12.1. The molecule has 1 atom stereocenters. The summed E-state index contributed by atoms with van der Waals surface area (Å²) >= 11 is 5.49. The molecule has 0 radical (unpaired) electrons. The van der Waals surface area contributed by atoms with E-state index >= 15 is 0 Å². The molecule has 0 aliphatic heterocycles. The summed E-state index contributed by atoms with van der Waals surface area (Å²) in [6.45, 7) is 8.87. The third-order valence-electron chi connectivity index (χ3n) is 3.46. The molecule has 1 aromatic carbocycles. The van der Waals surface area contributed by atoms with Crippen molar-refractivity contribution < 1.29 is 0 Å². The van der Waals surface area contributed by atoms with Gasteiger partial charge in [-0.1, -0.05) is 58.0 Å². The second kappa shape index (κ2) is 5.33. The van der Waals surface area contributed by atoms with Crippen molar-refractivity contribution in [2.75, 3.05) is 0 Å². The highest BCUT2D eigenvalue weighted by Crippen LogP contribution is 2.30. The Balaban J connectivity index is 2.57. The van der Waals surface area contributed by atoms with E-state index in [1.807, 2.05) is 6.20 Å². The Morgan fingerprint density at radius 2 is 1.84 bits per heavy atom. The Bertz CT molecular complexity index is 587. The molecule has 0 aliphatic rings. The van der Waals surface area contributed by atoms with Crippen molar-refractivity contribution in [1.82, 2.24) is 9.55 Å². The highest BCUT2D eigenvalue weighted by Gasteiger charge is 2.23. The van der Waals surface area contributed by atoms with Gasteiger partial charge in [0.1, 0.15) is 0 Å². The third kappa shape index (κ3) is 2.81. The fraction of sp³-hybridized carbons (Fsp3) is 0.438. The minimum atomic E-state index is 0.0791. The van der Waals surface area contributed by atoms with Gasteiger partial charge in [-0.25, -0.2) is 0 Å². The first-order valence-electron chi connectivity index (χ1n) is 6.80. The number of nitrogens with zero attached hydrogens (tertiary/aromatic N) is 1. The molecule has 3 heteroatoms. The smallest absolute Gasteiger partial charge is 0.177 e. The molecule has 2 nitrogen and oxygen atoms in total. The van der Waals surface area contributed by atoms with E-state index in [9.17, 15) is 0 Å². The van der Waals surface area contributed by atoms with Crippen LogP contribution in [0, 0.1) is 4.77 Å². The summed E-state index contributed by atoms with van der Waals surface area (Å²) < 4.78 is 3.07. The number of hydrogen-bond donors (Lipinski definition) is 1. The lowest BCUT2D eigenvalue weighted by Gasteiger charge is -2.26. The normalized spacial score (nSPS) is 13.5. The highest BCUT2D eigenvalue weighted by molar-refractivity contribution is 7.71. The van der Waals surface area contributed by atoms with Crippen molar-refractivity contribution in [3.8, 4) is 0 Å². The fourth-order valence-electron chi connectivity index (χ4n) is 2.51. The second-order valence-electron chi connectivity index (χ2n) is 5.93. The quantitative estimate of drug-likeness (QED) is 0.794. The Morgan fingerprint density at radius 3 is 2.37 bits per heavy atom. The summed E-state index contributed by atoms with van der Waals surface area (Å²) in [7, 11) is 0. The van der Waals surface area contributed by atoms with Crippen molar-refractivity contribution >= 4 is 12.2 Å². The second-order valence-corrected chi connectivity index (χ2v) is 6.32. The molecule has 0 fully saturated rings. The molecule has 2 aromatic rings. The third-order valence-corrected chi connectivity index (χ3v) is 3.78. The van der Waals surface area contributed by atoms with Crippen LogP contribution in [0.1, 0.15) is 51.4 Å². The topological polar surface area (TPSA) is 20.7 Å². The molecule has 1 N–H and O–H groups in total. The molecule has 0 bridgehead atoms. The number of H-pyrrole nitrogens is 1. The summed E-state index contributed by atoms with van der Waals surface area (Å²) in [6, 6.07) is 10.9. The number of benzene rings is 1. The number of hydrogen-bond acceptors (Lipinski definition) is 1. The zero-order valence-corrected chi connectivity index (χ0v) is 12.9. The standard InChI is InChI=1S/C16H22N2S/c1-5-13(12-9-7-6-8-10-12)18-14(16(2,3)4)11-17-15(18)19/h6-11,13H,5H2,1-4H3,(H,17,19). The first kappa shape index (κ1) is 14.1. The van der Waals surface area contributed by atoms with Gasteiger partial charge in [-0.2, -0.15) is 0 Å². The van der Waals surface area contributed by atoms with Gasteiger partial charge in [0.05, 0.1) is 6.04 Å². The Hall–Kier alpha value is -1.35. The van der Waals surface area contributed by atoms with Gasteiger partial charge in [-0.15, -0.1) is 0 Å². The summed E-state index contributed by atoms with van der Waals surface area (Å²) in [5.74, 6) is 0. The van der Waals surface area contributed by atoms with E-state index < -0.39 is 0 Å². The maximum atomic E-state index is 5.49. The van der Waals surface area contributed by atoms with Crippen molar-refractivity contribution in [3.05, 3.63) is 52.6 Å². The predicted octanol–water partition coefficient (Wildman–Crippen LogP) is 4.84. The Labute approximate surface area is 120 Å². The van der Waals surface area contributed by atoms with Crippen LogP contribution in [0.4, 0.5) is 0 Å². The summed E-state index contributed by atoms with van der Waals surface area (Å²) in [4.78, 5) is 3.21. The Morgan fingerprint density at radius 1 is 1.21 bits per heavy atom. The molecule has 0 saturated heterocycles. The maximum absolute atomic E-state index is 5.49. The van der Waals surface area contributed by atoms with E-state index in [0.29, 0.717) is 6.04 Å². The first-order chi connectivity index (χ1) is 8.95. The van der Waals surface area contributed by atoms with Crippen LogP contribution in [0.2, 0.25) is 0 Å². The van der Waals surface area contributed by atoms with Gasteiger partial charge in [0.2, 0.25) is 0 Å². The summed E-state index contributed by atoms with van der Waals surface area (Å²) in [5.41, 5.74) is 2.65. The van der Waals surface area contributed by atoms with Gasteiger partial charge in [-0.3, -0.25) is 0 Å². The van der Waals surface area contributed by atoms with Gasteiger partial charge >= 0.3 is 0 Å². The molecule has 0 aliphatic carbocycles. The average molecular weight is 274 g/mol. The molecular formula is C16H22N2S. The minimum absolute atomic E-state index is 0.0791. The number of imidazole rings is 1. The van der Waals surface area contributed by atoms with E-state index in [0.717, 1.165) is 11.2 Å². The summed E-state index contributed by atoms with van der Waals surface area (Å²) in [5, 5.41) is 0. The van der Waals surface area contributed by atoms with E-state index in [1.54, 1.807) is 0 Å². The van der Waals surface area contributed by atoms with Gasteiger partial charge in [0.15, 0.2) is 4.77 Å². The lowest BCUT2D eigenvalue weighted by atomic mass is 9.91. The van der Waals surface area contributed by atoms with Crippen molar-refractivity contribution in [3.63, 3.8) is 0 Å². The number of aromatic amines is 1. The van der Waals surface area contributed by atoms with E-state index in [4.69, 9.17) is 12.2 Å². The molecule has 0 spiro atoms. The number of rotatable bonds is 3. The molecule has 1 unspecified atom stereocenters. The van der Waals surface area contributed by atoms with Gasteiger partial charge in [-0.05, 0) is 24.2 Å². The lowest BCUT2D eigenvalue weighted by molar-refractivity contribution is 0.470.